The van der Waals surface area contributed by atoms with E-state index in [0.717, 1.165) is 6.07 Å². The van der Waals surface area contributed by atoms with E-state index in [1.54, 1.807) is 0 Å². The number of sulfonamides is 1. The van der Waals surface area contributed by atoms with Crippen molar-refractivity contribution in [2.75, 3.05) is 6.54 Å². The van der Waals surface area contributed by atoms with Crippen LogP contribution in [0.2, 0.25) is 5.02 Å². The Bertz CT molecular complexity index is 518. The summed E-state index contributed by atoms with van der Waals surface area (Å²) in [6.07, 6.45) is 0.571. The number of nitrogens with two attached hydrogens (primary N) is 1. The zero-order chi connectivity index (χ0) is 14.6. The Morgan fingerprint density at radius 3 is 2.45 bits per heavy atom. The van der Waals surface area contributed by atoms with Crippen molar-refractivity contribution in [2.45, 2.75) is 31.2 Å². The van der Waals surface area contributed by atoms with Gasteiger partial charge in [0.05, 0.1) is 5.02 Å². The van der Waals surface area contributed by atoms with Crippen molar-refractivity contribution < 1.29 is 12.8 Å². The second-order valence-corrected chi connectivity index (χ2v) is 6.79. The third kappa shape index (κ3) is 5.18. The second kappa shape index (κ2) is 8.14. The van der Waals surface area contributed by atoms with E-state index in [0.29, 0.717) is 6.42 Å². The highest BCUT2D eigenvalue weighted by Crippen LogP contribution is 2.24. The van der Waals surface area contributed by atoms with Gasteiger partial charge < -0.3 is 5.73 Å². The van der Waals surface area contributed by atoms with Gasteiger partial charge in [0, 0.05) is 12.6 Å². The van der Waals surface area contributed by atoms with Crippen LogP contribution in [0.25, 0.3) is 0 Å². The van der Waals surface area contributed by atoms with Gasteiger partial charge in [0.1, 0.15) is 10.7 Å². The average Bonchev–Trinajstić information content (AvgIpc) is 2.26. The Balaban J connectivity index is 0.00000361. The molecule has 0 aliphatic carbocycles. The molecule has 0 fully saturated rings. The molecule has 0 saturated heterocycles. The maximum absolute atomic E-state index is 13.6. The quantitative estimate of drug-likeness (QED) is 0.832. The third-order valence-corrected chi connectivity index (χ3v) is 4.57. The Kier molecular flexibility index (Phi) is 7.98. The predicted molar refractivity (Wildman–Crippen MR) is 81.3 cm³/mol. The van der Waals surface area contributed by atoms with Crippen molar-refractivity contribution in [3.63, 3.8) is 0 Å². The second-order valence-electron chi connectivity index (χ2n) is 4.73. The van der Waals surface area contributed by atoms with Crippen LogP contribution >= 0.6 is 24.0 Å². The predicted octanol–water partition coefficient (Wildman–Crippen LogP) is 2.55. The van der Waals surface area contributed by atoms with Gasteiger partial charge in [-0.1, -0.05) is 31.5 Å². The summed E-state index contributed by atoms with van der Waals surface area (Å²) in [5.41, 5.74) is 5.53. The standard InChI is InChI=1S/C12H18ClFN2O2S.ClH/c1-8(2)6-9(7-15)16-19(17,18)12-10(13)4-3-5-11(12)14;/h3-5,8-9,16H,6-7,15H2,1-2H3;1H. The van der Waals surface area contributed by atoms with Crippen molar-refractivity contribution in [3.8, 4) is 0 Å². The van der Waals surface area contributed by atoms with Crippen molar-refractivity contribution in [2.24, 2.45) is 11.7 Å². The monoisotopic (exact) mass is 344 g/mol. The molecule has 0 aromatic heterocycles. The third-order valence-electron chi connectivity index (χ3n) is 2.55. The highest BCUT2D eigenvalue weighted by Gasteiger charge is 2.25. The molecule has 0 heterocycles. The summed E-state index contributed by atoms with van der Waals surface area (Å²) in [6.45, 7) is 4.05. The molecule has 0 bridgehead atoms. The molecule has 1 rings (SSSR count). The van der Waals surface area contributed by atoms with Crippen LogP contribution in [0.3, 0.4) is 0 Å². The van der Waals surface area contributed by atoms with Crippen LogP contribution in [0.1, 0.15) is 20.3 Å². The largest absolute Gasteiger partial charge is 0.329 e. The van der Waals surface area contributed by atoms with Gasteiger partial charge in [0.25, 0.3) is 0 Å². The summed E-state index contributed by atoms with van der Waals surface area (Å²) in [6, 6.07) is 3.30. The maximum atomic E-state index is 13.6. The average molecular weight is 345 g/mol. The molecular weight excluding hydrogens is 326 g/mol. The molecule has 0 amide bonds. The zero-order valence-electron chi connectivity index (χ0n) is 11.3. The summed E-state index contributed by atoms with van der Waals surface area (Å²) in [4.78, 5) is -0.529. The van der Waals surface area contributed by atoms with Crippen molar-refractivity contribution >= 4 is 34.0 Å². The smallest absolute Gasteiger partial charge is 0.245 e. The number of hydrogen-bond acceptors (Lipinski definition) is 3. The van der Waals surface area contributed by atoms with Crippen LogP contribution < -0.4 is 10.5 Å². The van der Waals surface area contributed by atoms with Gasteiger partial charge in [-0.25, -0.2) is 17.5 Å². The van der Waals surface area contributed by atoms with Crippen LogP contribution in [0.4, 0.5) is 4.39 Å². The lowest BCUT2D eigenvalue weighted by molar-refractivity contribution is 0.463. The summed E-state index contributed by atoms with van der Waals surface area (Å²) in [7, 11) is -4.02. The molecule has 0 saturated carbocycles. The summed E-state index contributed by atoms with van der Waals surface area (Å²) < 4.78 is 40.3. The van der Waals surface area contributed by atoms with E-state index < -0.39 is 26.8 Å². The molecule has 0 aliphatic rings. The Labute approximate surface area is 130 Å². The molecule has 116 valence electrons. The fourth-order valence-electron chi connectivity index (χ4n) is 1.78. The van der Waals surface area contributed by atoms with Crippen LogP contribution in [-0.2, 0) is 10.0 Å². The fourth-order valence-corrected chi connectivity index (χ4v) is 3.65. The minimum atomic E-state index is -4.02. The number of hydrogen-bond donors (Lipinski definition) is 2. The highest BCUT2D eigenvalue weighted by atomic mass is 35.5. The molecule has 0 radical (unpaired) electrons. The number of nitrogens with one attached hydrogen (secondary N) is 1. The minimum absolute atomic E-state index is 0. The van der Waals surface area contributed by atoms with Crippen molar-refractivity contribution in [1.29, 1.82) is 0 Å². The van der Waals surface area contributed by atoms with E-state index in [2.05, 4.69) is 4.72 Å². The molecule has 8 heteroatoms. The molecule has 4 nitrogen and oxygen atoms in total. The van der Waals surface area contributed by atoms with Crippen molar-refractivity contribution in [3.05, 3.63) is 29.0 Å². The van der Waals surface area contributed by atoms with E-state index in [-0.39, 0.29) is 29.9 Å². The van der Waals surface area contributed by atoms with Crippen LogP contribution in [0, 0.1) is 11.7 Å². The van der Waals surface area contributed by atoms with Crippen molar-refractivity contribution in [1.82, 2.24) is 4.72 Å². The molecule has 20 heavy (non-hydrogen) atoms. The topological polar surface area (TPSA) is 72.2 Å². The first-order valence-electron chi connectivity index (χ1n) is 5.94. The molecule has 3 N–H and O–H groups in total. The summed E-state index contributed by atoms with van der Waals surface area (Å²) >= 11 is 5.76. The summed E-state index contributed by atoms with van der Waals surface area (Å²) in [5.74, 6) is -0.604. The number of rotatable bonds is 6. The molecular formula is C12H19Cl2FN2O2S. The van der Waals surface area contributed by atoms with Gasteiger partial charge in [0.2, 0.25) is 10.0 Å². The normalized spacial score (nSPS) is 13.1. The SMILES string of the molecule is CC(C)CC(CN)NS(=O)(=O)c1c(F)cccc1Cl.Cl. The zero-order valence-corrected chi connectivity index (χ0v) is 13.7. The van der Waals surface area contributed by atoms with Crippen LogP contribution in [-0.4, -0.2) is 21.0 Å². The molecule has 1 aromatic carbocycles. The van der Waals surface area contributed by atoms with Gasteiger partial charge in [-0.05, 0) is 24.5 Å². The molecule has 1 aromatic rings. The van der Waals surface area contributed by atoms with E-state index >= 15 is 0 Å². The van der Waals surface area contributed by atoms with E-state index in [1.807, 2.05) is 13.8 Å². The first kappa shape index (κ1) is 19.6. The van der Waals surface area contributed by atoms with Gasteiger partial charge in [-0.2, -0.15) is 0 Å². The Morgan fingerprint density at radius 1 is 1.40 bits per heavy atom. The molecule has 0 aliphatic heterocycles. The first-order chi connectivity index (χ1) is 8.77. The fraction of sp³-hybridized carbons (Fsp3) is 0.500. The highest BCUT2D eigenvalue weighted by molar-refractivity contribution is 7.89. The van der Waals surface area contributed by atoms with E-state index in [9.17, 15) is 12.8 Å². The number of benzene rings is 1. The number of halogens is 3. The Hall–Kier alpha value is -0.400. The lowest BCUT2D eigenvalue weighted by Crippen LogP contribution is -2.41. The maximum Gasteiger partial charge on any atom is 0.245 e. The first-order valence-corrected chi connectivity index (χ1v) is 7.80. The minimum Gasteiger partial charge on any atom is -0.329 e. The van der Waals surface area contributed by atoms with Gasteiger partial charge in [-0.15, -0.1) is 12.4 Å². The molecule has 1 unspecified atom stereocenters. The lowest BCUT2D eigenvalue weighted by atomic mass is 10.1. The van der Waals surface area contributed by atoms with Crippen LogP contribution in [0.15, 0.2) is 23.1 Å². The van der Waals surface area contributed by atoms with Gasteiger partial charge >= 0.3 is 0 Å². The Morgan fingerprint density at radius 2 is 2.00 bits per heavy atom. The van der Waals surface area contributed by atoms with E-state index in [1.165, 1.54) is 12.1 Å². The molecule has 1 atom stereocenters. The lowest BCUT2D eigenvalue weighted by Gasteiger charge is -2.19. The van der Waals surface area contributed by atoms with E-state index in [4.69, 9.17) is 17.3 Å². The van der Waals surface area contributed by atoms with Crippen LogP contribution in [0.5, 0.6) is 0 Å². The van der Waals surface area contributed by atoms with Gasteiger partial charge in [0.15, 0.2) is 0 Å². The van der Waals surface area contributed by atoms with Gasteiger partial charge in [-0.3, -0.25) is 0 Å². The summed E-state index contributed by atoms with van der Waals surface area (Å²) in [5, 5.41) is -0.146. The molecule has 0 spiro atoms.